The third kappa shape index (κ3) is 6.78. The second-order valence-electron chi connectivity index (χ2n) is 12.8. The molecule has 0 aliphatic carbocycles. The number of anilines is 1. The van der Waals surface area contributed by atoms with E-state index in [9.17, 15) is 24.3 Å². The van der Waals surface area contributed by atoms with Crippen LogP contribution >= 0.6 is 15.9 Å². The number of hydrogen-bond donors (Lipinski definition) is 2. The monoisotopic (exact) mass is 737 g/mol. The van der Waals surface area contributed by atoms with Crippen molar-refractivity contribution in [3.05, 3.63) is 85.5 Å². The second kappa shape index (κ2) is 15.3. The zero-order valence-corrected chi connectivity index (χ0v) is 29.6. The third-order valence-electron chi connectivity index (χ3n) is 9.72. The Morgan fingerprint density at radius 1 is 1.14 bits per heavy atom. The van der Waals surface area contributed by atoms with Crippen molar-refractivity contribution in [3.8, 4) is 5.75 Å². The number of allylic oxidation sites excluding steroid dienone is 1. The van der Waals surface area contributed by atoms with Crippen LogP contribution < -0.4 is 15.0 Å². The van der Waals surface area contributed by atoms with Crippen LogP contribution in [0.4, 0.5) is 5.69 Å². The van der Waals surface area contributed by atoms with Gasteiger partial charge in [0.2, 0.25) is 11.8 Å². The Morgan fingerprint density at radius 3 is 2.45 bits per heavy atom. The molecule has 262 valence electrons. The number of ether oxygens (including phenoxy) is 3. The highest BCUT2D eigenvalue weighted by molar-refractivity contribution is 9.09. The van der Waals surface area contributed by atoms with Gasteiger partial charge in [0.1, 0.15) is 23.5 Å². The molecule has 5 rings (SSSR count). The molecule has 12 heteroatoms. The number of halogens is 1. The topological polar surface area (TPSA) is 135 Å². The Bertz CT molecular complexity index is 1550. The van der Waals surface area contributed by atoms with Gasteiger partial charge in [-0.3, -0.25) is 19.2 Å². The quantitative estimate of drug-likeness (QED) is 0.159. The number of fused-ring (bicyclic) bond motifs is 1. The lowest BCUT2D eigenvalue weighted by molar-refractivity contribution is -0.162. The van der Waals surface area contributed by atoms with E-state index < -0.39 is 72.2 Å². The molecule has 3 fully saturated rings. The van der Waals surface area contributed by atoms with Crippen molar-refractivity contribution in [1.29, 1.82) is 0 Å². The van der Waals surface area contributed by atoms with E-state index in [-0.39, 0.29) is 30.1 Å². The summed E-state index contributed by atoms with van der Waals surface area (Å²) in [6.45, 7) is 10.7. The average molecular weight is 739 g/mol. The zero-order chi connectivity index (χ0) is 35.5. The molecule has 1 unspecified atom stereocenters. The summed E-state index contributed by atoms with van der Waals surface area (Å²) < 4.78 is 18.2. The summed E-state index contributed by atoms with van der Waals surface area (Å²) in [5.74, 6) is -3.25. The molecule has 3 amide bonds. The first-order chi connectivity index (χ1) is 23.5. The number of likely N-dealkylation sites (tertiary alicyclic amines) is 1. The fraction of sp³-hybridized carbons (Fsp3) is 0.459. The van der Waals surface area contributed by atoms with Gasteiger partial charge in [-0.1, -0.05) is 58.4 Å². The molecule has 2 bridgehead atoms. The normalized spacial score (nSPS) is 27.1. The van der Waals surface area contributed by atoms with Gasteiger partial charge >= 0.3 is 5.97 Å². The maximum Gasteiger partial charge on any atom is 0.313 e. The van der Waals surface area contributed by atoms with Crippen LogP contribution in [0.3, 0.4) is 0 Å². The highest BCUT2D eigenvalue weighted by Crippen LogP contribution is 2.61. The second-order valence-corrected chi connectivity index (χ2v) is 14.0. The Morgan fingerprint density at radius 2 is 1.84 bits per heavy atom. The van der Waals surface area contributed by atoms with E-state index in [0.29, 0.717) is 23.4 Å². The number of carbonyl (C=O) groups excluding carboxylic acids is 4. The first-order valence-corrected chi connectivity index (χ1v) is 17.4. The number of nitrogens with zero attached hydrogens (tertiary/aromatic N) is 2. The summed E-state index contributed by atoms with van der Waals surface area (Å²) >= 11 is 3.70. The number of rotatable bonds is 15. The SMILES string of the molecule is C=CCCC(=O)N[C@@H](C)[C@H](OC(=O)[C@@H]1[C@H]2O[C@@]3(CC2Br)[C@H](C(=O)N(CC=C)c2ccc(OC)cc2)N([C@H](C)CO)C(=O)[C@@H]13)c1ccccc1. The summed E-state index contributed by atoms with van der Waals surface area (Å²) in [4.78, 5) is 58.7. The van der Waals surface area contributed by atoms with Crippen LogP contribution in [-0.4, -0.2) is 88.6 Å². The summed E-state index contributed by atoms with van der Waals surface area (Å²) in [6.07, 6.45) is 2.64. The standard InChI is InChI=1S/C37H44BrN3O8/c1-6-8-14-28(43)39-23(4)31(24-12-10-9-11-13-24)48-36(46)29-30-34(44)41(22(3)21-42)33(37(30)20-27(38)32(29)49-37)35(45)40(19-7-2)25-15-17-26(47-5)18-16-25/h6-7,9-13,15-18,22-23,27,29-33,42H,1-2,8,14,19-21H2,3-5H3,(H,39,43)/t22-,23+,27?,29+,30-,31+,32+,33+,37-/m1/s1. The van der Waals surface area contributed by atoms with Gasteiger partial charge in [-0.2, -0.15) is 0 Å². The molecule has 3 aliphatic heterocycles. The first-order valence-electron chi connectivity index (χ1n) is 16.5. The largest absolute Gasteiger partial charge is 0.497 e. The van der Waals surface area contributed by atoms with Crippen molar-refractivity contribution in [3.63, 3.8) is 0 Å². The summed E-state index contributed by atoms with van der Waals surface area (Å²) in [5, 5.41) is 13.2. The fourth-order valence-electron chi connectivity index (χ4n) is 7.48. The predicted molar refractivity (Wildman–Crippen MR) is 187 cm³/mol. The van der Waals surface area contributed by atoms with Crippen LogP contribution in [0.15, 0.2) is 79.9 Å². The number of methoxy groups -OCH3 is 1. The van der Waals surface area contributed by atoms with Crippen LogP contribution in [-0.2, 0) is 28.7 Å². The molecule has 3 saturated heterocycles. The minimum absolute atomic E-state index is 0.139. The molecule has 1 spiro atoms. The van der Waals surface area contributed by atoms with E-state index in [0.717, 1.165) is 0 Å². The summed E-state index contributed by atoms with van der Waals surface area (Å²) in [5.41, 5.74) is -0.149. The van der Waals surface area contributed by atoms with Gasteiger partial charge in [-0.15, -0.1) is 13.2 Å². The first kappa shape index (κ1) is 36.3. The number of alkyl halides is 1. The zero-order valence-electron chi connectivity index (χ0n) is 28.0. The number of carbonyl (C=O) groups is 4. The minimum atomic E-state index is -1.38. The number of aliphatic hydroxyl groups excluding tert-OH is 1. The molecular weight excluding hydrogens is 694 g/mol. The third-order valence-corrected chi connectivity index (χ3v) is 10.6. The number of benzene rings is 2. The summed E-state index contributed by atoms with van der Waals surface area (Å²) in [6, 6.07) is 13.5. The minimum Gasteiger partial charge on any atom is -0.497 e. The van der Waals surface area contributed by atoms with Gasteiger partial charge in [-0.25, -0.2) is 0 Å². The van der Waals surface area contributed by atoms with Gasteiger partial charge in [0.15, 0.2) is 0 Å². The summed E-state index contributed by atoms with van der Waals surface area (Å²) in [7, 11) is 1.55. The van der Waals surface area contributed by atoms with Crippen molar-refractivity contribution >= 4 is 45.3 Å². The smallest absolute Gasteiger partial charge is 0.313 e. The maximum atomic E-state index is 14.7. The lowest BCUT2D eigenvalue weighted by Crippen LogP contribution is -2.58. The number of esters is 1. The van der Waals surface area contributed by atoms with Crippen LogP contribution in [0, 0.1) is 11.8 Å². The molecule has 3 aliphatic rings. The van der Waals surface area contributed by atoms with Crippen molar-refractivity contribution in [2.24, 2.45) is 11.8 Å². The Labute approximate surface area is 295 Å². The van der Waals surface area contributed by atoms with Gasteiger partial charge in [0.05, 0.1) is 43.7 Å². The molecule has 3 heterocycles. The highest BCUT2D eigenvalue weighted by atomic mass is 79.9. The Balaban J connectivity index is 1.50. The van der Waals surface area contributed by atoms with Crippen LogP contribution in [0.25, 0.3) is 0 Å². The molecule has 49 heavy (non-hydrogen) atoms. The lowest BCUT2D eigenvalue weighted by Gasteiger charge is -2.38. The Hall–Kier alpha value is -4.00. The van der Waals surface area contributed by atoms with Gasteiger partial charge in [0, 0.05) is 23.5 Å². The van der Waals surface area contributed by atoms with E-state index in [1.807, 2.05) is 30.3 Å². The number of hydrogen-bond acceptors (Lipinski definition) is 8. The lowest BCUT2D eigenvalue weighted by atomic mass is 9.70. The highest BCUT2D eigenvalue weighted by Gasteiger charge is 2.77. The van der Waals surface area contributed by atoms with E-state index in [1.165, 1.54) is 9.80 Å². The van der Waals surface area contributed by atoms with E-state index >= 15 is 0 Å². The molecule has 2 aromatic rings. The maximum absolute atomic E-state index is 14.7. The molecule has 0 radical (unpaired) electrons. The predicted octanol–water partition coefficient (Wildman–Crippen LogP) is 4.10. The van der Waals surface area contributed by atoms with E-state index in [2.05, 4.69) is 34.4 Å². The van der Waals surface area contributed by atoms with Crippen molar-refractivity contribution < 1.29 is 38.5 Å². The Kier molecular flexibility index (Phi) is 11.3. The average Bonchev–Trinajstić information content (AvgIpc) is 3.71. The molecule has 2 aromatic carbocycles. The molecule has 0 saturated carbocycles. The molecular formula is C37H44BrN3O8. The molecule has 0 aromatic heterocycles. The molecule has 11 nitrogen and oxygen atoms in total. The number of aliphatic hydroxyl groups is 1. The van der Waals surface area contributed by atoms with Gasteiger partial charge < -0.3 is 34.4 Å². The van der Waals surface area contributed by atoms with Crippen molar-refractivity contribution in [1.82, 2.24) is 10.2 Å². The number of amides is 3. The van der Waals surface area contributed by atoms with E-state index in [1.54, 1.807) is 57.4 Å². The fourth-order valence-corrected chi connectivity index (χ4v) is 8.42. The van der Waals surface area contributed by atoms with Crippen LogP contribution in [0.2, 0.25) is 0 Å². The van der Waals surface area contributed by atoms with Crippen molar-refractivity contribution in [2.45, 2.75) is 73.9 Å². The van der Waals surface area contributed by atoms with Crippen LogP contribution in [0.1, 0.15) is 44.8 Å². The van der Waals surface area contributed by atoms with Crippen LogP contribution in [0.5, 0.6) is 5.75 Å². The number of nitrogens with one attached hydrogen (secondary N) is 1. The molecule has 9 atom stereocenters. The molecule has 2 N–H and O–H groups in total. The van der Waals surface area contributed by atoms with E-state index in [4.69, 9.17) is 14.2 Å². The van der Waals surface area contributed by atoms with Crippen molar-refractivity contribution in [2.75, 3.05) is 25.2 Å². The van der Waals surface area contributed by atoms with Gasteiger partial charge in [0.25, 0.3) is 5.91 Å². The van der Waals surface area contributed by atoms with Gasteiger partial charge in [-0.05, 0) is 56.5 Å².